The normalized spacial score (nSPS) is 19.3. The van der Waals surface area contributed by atoms with E-state index in [9.17, 15) is 9.59 Å². The van der Waals surface area contributed by atoms with Gasteiger partial charge in [0, 0.05) is 5.41 Å². The van der Waals surface area contributed by atoms with Crippen LogP contribution >= 0.6 is 0 Å². The molecular weight excluding hydrogens is 556 g/mol. The van der Waals surface area contributed by atoms with Gasteiger partial charge in [0.05, 0.1) is 11.1 Å². The predicted octanol–water partition coefficient (Wildman–Crippen LogP) is 11.0. The lowest BCUT2D eigenvalue weighted by molar-refractivity contribution is -0.00473. The monoisotopic (exact) mass is 610 g/mol. The lowest BCUT2D eigenvalue weighted by Crippen LogP contribution is -2.30. The highest BCUT2D eigenvalue weighted by Crippen LogP contribution is 2.45. The number of esters is 2. The maximum Gasteiger partial charge on any atom is 0.343 e. The van der Waals surface area contributed by atoms with E-state index in [1.54, 1.807) is 24.3 Å². The molecule has 4 heteroatoms. The molecule has 0 unspecified atom stereocenters. The summed E-state index contributed by atoms with van der Waals surface area (Å²) in [5.74, 6) is 0.329. The minimum Gasteiger partial charge on any atom is -0.456 e. The summed E-state index contributed by atoms with van der Waals surface area (Å²) in [4.78, 5) is 25.9. The van der Waals surface area contributed by atoms with Crippen LogP contribution in [0, 0.1) is 5.92 Å². The molecule has 3 aromatic rings. The van der Waals surface area contributed by atoms with E-state index in [0.717, 1.165) is 31.6 Å². The fraction of sp³-hybridized carbons (Fsp3) is 0.512. The molecule has 0 aliphatic heterocycles. The van der Waals surface area contributed by atoms with Gasteiger partial charge in [-0.25, -0.2) is 9.59 Å². The van der Waals surface area contributed by atoms with E-state index >= 15 is 0 Å². The van der Waals surface area contributed by atoms with Gasteiger partial charge in [-0.3, -0.25) is 0 Å². The Balaban J connectivity index is 1.56. The van der Waals surface area contributed by atoms with Crippen LogP contribution in [0.1, 0.15) is 150 Å². The molecule has 45 heavy (non-hydrogen) atoms. The number of carbonyl (C=O) groups is 2. The Morgan fingerprint density at radius 1 is 0.756 bits per heavy atom. The summed E-state index contributed by atoms with van der Waals surface area (Å²) in [5, 5.41) is 0. The van der Waals surface area contributed by atoms with E-state index in [4.69, 9.17) is 9.47 Å². The smallest absolute Gasteiger partial charge is 0.343 e. The van der Waals surface area contributed by atoms with Gasteiger partial charge in [-0.1, -0.05) is 116 Å². The van der Waals surface area contributed by atoms with E-state index in [1.807, 2.05) is 26.0 Å². The van der Waals surface area contributed by atoms with Crippen LogP contribution in [-0.2, 0) is 15.6 Å². The Morgan fingerprint density at radius 2 is 1.29 bits per heavy atom. The zero-order chi connectivity index (χ0) is 32.7. The van der Waals surface area contributed by atoms with Gasteiger partial charge in [0.1, 0.15) is 11.4 Å². The highest BCUT2D eigenvalue weighted by molar-refractivity contribution is 5.96. The third-order valence-electron chi connectivity index (χ3n) is 9.87. The Morgan fingerprint density at radius 3 is 1.84 bits per heavy atom. The zero-order valence-corrected chi connectivity index (χ0v) is 28.7. The van der Waals surface area contributed by atoms with Crippen LogP contribution in [0.15, 0.2) is 72.8 Å². The summed E-state index contributed by atoms with van der Waals surface area (Å²) >= 11 is 0. The molecule has 0 bridgehead atoms. The second-order valence-corrected chi connectivity index (χ2v) is 14.6. The molecule has 0 heterocycles. The Bertz CT molecular complexity index is 1400. The van der Waals surface area contributed by atoms with Gasteiger partial charge in [-0.05, 0) is 97.9 Å². The minimum atomic E-state index is -0.566. The second kappa shape index (κ2) is 14.8. The number of rotatable bonds is 11. The maximum atomic E-state index is 13.1. The van der Waals surface area contributed by atoms with Crippen molar-refractivity contribution in [2.24, 2.45) is 5.92 Å². The lowest BCUT2D eigenvalue weighted by Gasteiger charge is -2.38. The standard InChI is InChI=1S/C41H54O4/c1-8-25-39(4,5)33-17-19-34(20-18-33)41(27-11-13-30(3)14-12-28-41)35-21-23-36(24-22-35)44-37(42)31-15-10-16-32(29-31)38(43)45-40(6,7)26-9-2/h10,15-24,29-30H,8-9,11-14,25-28H2,1-7H3. The van der Waals surface area contributed by atoms with Crippen LogP contribution in [-0.4, -0.2) is 17.5 Å². The first-order valence-electron chi connectivity index (χ1n) is 17.2. The fourth-order valence-electron chi connectivity index (χ4n) is 7.27. The van der Waals surface area contributed by atoms with Crippen LogP contribution in [0.25, 0.3) is 0 Å². The van der Waals surface area contributed by atoms with Crippen LogP contribution in [0.2, 0.25) is 0 Å². The average Bonchev–Trinajstić information content (AvgIpc) is 2.99. The molecule has 0 saturated heterocycles. The molecule has 4 rings (SSSR count). The molecule has 0 amide bonds. The van der Waals surface area contributed by atoms with Gasteiger partial charge in [-0.2, -0.15) is 0 Å². The molecule has 1 aliphatic carbocycles. The third kappa shape index (κ3) is 8.66. The molecule has 1 fully saturated rings. The van der Waals surface area contributed by atoms with Crippen molar-refractivity contribution in [3.05, 3.63) is 101 Å². The number of hydrogen-bond acceptors (Lipinski definition) is 4. The van der Waals surface area contributed by atoms with Gasteiger partial charge in [0.2, 0.25) is 0 Å². The summed E-state index contributed by atoms with van der Waals surface area (Å²) in [5.41, 5.74) is 4.23. The lowest BCUT2D eigenvalue weighted by atomic mass is 9.66. The molecule has 242 valence electrons. The molecule has 1 aliphatic rings. The molecule has 0 N–H and O–H groups in total. The summed E-state index contributed by atoms with van der Waals surface area (Å²) in [6.07, 6.45) is 11.1. The van der Waals surface area contributed by atoms with Gasteiger partial charge >= 0.3 is 11.9 Å². The SMILES string of the molecule is CCCC(C)(C)OC(=O)c1cccc(C(=O)Oc2ccc(C3(c4ccc(C(C)(C)CCC)cc4)CCCC(C)CCC3)cc2)c1. The molecule has 0 aromatic heterocycles. The van der Waals surface area contributed by atoms with Crippen molar-refractivity contribution in [1.29, 1.82) is 0 Å². The van der Waals surface area contributed by atoms with Gasteiger partial charge in [0.15, 0.2) is 0 Å². The van der Waals surface area contributed by atoms with E-state index in [2.05, 4.69) is 71.0 Å². The molecule has 0 spiro atoms. The van der Waals surface area contributed by atoms with Crippen molar-refractivity contribution >= 4 is 11.9 Å². The third-order valence-corrected chi connectivity index (χ3v) is 9.87. The first kappa shape index (κ1) is 34.5. The van der Waals surface area contributed by atoms with Crippen molar-refractivity contribution in [3.63, 3.8) is 0 Å². The van der Waals surface area contributed by atoms with Gasteiger partial charge < -0.3 is 9.47 Å². The van der Waals surface area contributed by atoms with Crippen LogP contribution in [0.5, 0.6) is 5.75 Å². The largest absolute Gasteiger partial charge is 0.456 e. The quantitative estimate of drug-likeness (QED) is 0.160. The van der Waals surface area contributed by atoms with Crippen molar-refractivity contribution in [3.8, 4) is 5.75 Å². The van der Waals surface area contributed by atoms with Gasteiger partial charge in [0.25, 0.3) is 0 Å². The summed E-state index contributed by atoms with van der Waals surface area (Å²) in [6.45, 7) is 15.2. The molecule has 1 saturated carbocycles. The first-order valence-corrected chi connectivity index (χ1v) is 17.2. The molecule has 0 radical (unpaired) electrons. The van der Waals surface area contributed by atoms with Crippen LogP contribution in [0.4, 0.5) is 0 Å². The van der Waals surface area contributed by atoms with E-state index < -0.39 is 17.5 Å². The maximum absolute atomic E-state index is 13.1. The summed E-state index contributed by atoms with van der Waals surface area (Å²) in [6, 6.07) is 24.1. The van der Waals surface area contributed by atoms with Crippen molar-refractivity contribution in [2.45, 2.75) is 129 Å². The fourth-order valence-corrected chi connectivity index (χ4v) is 7.27. The van der Waals surface area contributed by atoms with Crippen LogP contribution < -0.4 is 4.74 Å². The van der Waals surface area contributed by atoms with Gasteiger partial charge in [-0.15, -0.1) is 0 Å². The molecule has 0 atom stereocenters. The number of ether oxygens (including phenoxy) is 2. The Kier molecular flexibility index (Phi) is 11.3. The molecule has 4 nitrogen and oxygen atoms in total. The second-order valence-electron chi connectivity index (χ2n) is 14.6. The molecule has 3 aromatic carbocycles. The number of hydrogen-bond donors (Lipinski definition) is 0. The minimum absolute atomic E-state index is 0.0731. The van der Waals surface area contributed by atoms with Crippen molar-refractivity contribution in [2.75, 3.05) is 0 Å². The van der Waals surface area contributed by atoms with E-state index in [0.29, 0.717) is 16.9 Å². The summed E-state index contributed by atoms with van der Waals surface area (Å²) < 4.78 is 11.5. The number of benzene rings is 3. The van der Waals surface area contributed by atoms with E-state index in [1.165, 1.54) is 55.2 Å². The number of carbonyl (C=O) groups excluding carboxylic acids is 2. The Hall–Kier alpha value is -3.40. The van der Waals surface area contributed by atoms with Crippen LogP contribution in [0.3, 0.4) is 0 Å². The zero-order valence-electron chi connectivity index (χ0n) is 28.7. The predicted molar refractivity (Wildman–Crippen MR) is 184 cm³/mol. The average molecular weight is 611 g/mol. The highest BCUT2D eigenvalue weighted by atomic mass is 16.6. The first-order chi connectivity index (χ1) is 21.4. The van der Waals surface area contributed by atoms with Crippen molar-refractivity contribution in [1.82, 2.24) is 0 Å². The topological polar surface area (TPSA) is 52.6 Å². The van der Waals surface area contributed by atoms with Crippen molar-refractivity contribution < 1.29 is 19.1 Å². The summed E-state index contributed by atoms with van der Waals surface area (Å²) in [7, 11) is 0. The van der Waals surface area contributed by atoms with E-state index in [-0.39, 0.29) is 10.8 Å². The Labute approximate surface area is 271 Å². The highest BCUT2D eigenvalue weighted by Gasteiger charge is 2.35. The molecular formula is C41H54O4.